The molecule has 0 aliphatic carbocycles. The lowest BCUT2D eigenvalue weighted by molar-refractivity contribution is 0.580. The van der Waals surface area contributed by atoms with Crippen LogP contribution in [0.3, 0.4) is 0 Å². The molecule has 0 saturated heterocycles. The first-order valence-electron chi connectivity index (χ1n) is 7.22. The Labute approximate surface area is 123 Å². The number of rotatable bonds is 1. The van der Waals surface area contributed by atoms with E-state index in [2.05, 4.69) is 67.6 Å². The van der Waals surface area contributed by atoms with Crippen LogP contribution in [-0.2, 0) is 0 Å². The zero-order chi connectivity index (χ0) is 14.4. The van der Waals surface area contributed by atoms with Crippen LogP contribution in [-0.4, -0.2) is 0 Å². The van der Waals surface area contributed by atoms with E-state index in [1.807, 2.05) is 6.92 Å². The second-order valence-corrected chi connectivity index (χ2v) is 5.56. The third-order valence-corrected chi connectivity index (χ3v) is 4.10. The van der Waals surface area contributed by atoms with Gasteiger partial charge in [-0.05, 0) is 36.2 Å². The zero-order valence-corrected chi connectivity index (χ0v) is 12.2. The summed E-state index contributed by atoms with van der Waals surface area (Å²) in [7, 11) is 0. The summed E-state index contributed by atoms with van der Waals surface area (Å²) in [6.45, 7) is 4.16. The van der Waals surface area contributed by atoms with Gasteiger partial charge in [-0.25, -0.2) is 0 Å². The van der Waals surface area contributed by atoms with Gasteiger partial charge in [0.15, 0.2) is 0 Å². The van der Waals surface area contributed by atoms with E-state index in [9.17, 15) is 0 Å². The minimum absolute atomic E-state index is 0.960. The molecule has 0 unspecified atom stereocenters. The lowest BCUT2D eigenvalue weighted by atomic mass is 9.97. The van der Waals surface area contributed by atoms with Crippen LogP contribution in [0.25, 0.3) is 32.9 Å². The first-order chi connectivity index (χ1) is 10.2. The van der Waals surface area contributed by atoms with Crippen LogP contribution >= 0.6 is 0 Å². The highest BCUT2D eigenvalue weighted by Crippen LogP contribution is 2.38. The molecule has 0 amide bonds. The summed E-state index contributed by atoms with van der Waals surface area (Å²) >= 11 is 0. The predicted octanol–water partition coefficient (Wildman–Crippen LogP) is 5.87. The number of hydrogen-bond acceptors (Lipinski definition) is 1. The van der Waals surface area contributed by atoms with Crippen LogP contribution in [0.4, 0.5) is 0 Å². The molecule has 0 spiro atoms. The van der Waals surface area contributed by atoms with Crippen LogP contribution in [0.15, 0.2) is 65.1 Å². The van der Waals surface area contributed by atoms with Crippen molar-refractivity contribution >= 4 is 21.7 Å². The molecule has 3 aromatic carbocycles. The maximum absolute atomic E-state index is 5.99. The van der Waals surface area contributed by atoms with Crippen molar-refractivity contribution in [1.29, 1.82) is 0 Å². The van der Waals surface area contributed by atoms with E-state index in [1.165, 1.54) is 32.8 Å². The van der Waals surface area contributed by atoms with E-state index in [4.69, 9.17) is 4.42 Å². The van der Waals surface area contributed by atoms with Crippen molar-refractivity contribution in [3.8, 4) is 11.1 Å². The van der Waals surface area contributed by atoms with Crippen molar-refractivity contribution in [1.82, 2.24) is 0 Å². The Hall–Kier alpha value is -2.54. The highest BCUT2D eigenvalue weighted by atomic mass is 16.3. The molecular weight excluding hydrogens is 256 g/mol. The normalized spacial score (nSPS) is 11.3. The summed E-state index contributed by atoms with van der Waals surface area (Å²) in [6, 6.07) is 21.3. The summed E-state index contributed by atoms with van der Waals surface area (Å²) < 4.78 is 5.99. The lowest BCUT2D eigenvalue weighted by Gasteiger charge is -2.04. The number of benzene rings is 3. The third kappa shape index (κ3) is 1.85. The van der Waals surface area contributed by atoms with Crippen LogP contribution in [0, 0.1) is 13.8 Å². The van der Waals surface area contributed by atoms with Gasteiger partial charge in [-0.2, -0.15) is 0 Å². The van der Waals surface area contributed by atoms with Crippen molar-refractivity contribution in [3.63, 3.8) is 0 Å². The highest BCUT2D eigenvalue weighted by Gasteiger charge is 2.15. The fraction of sp³-hybridized carbons (Fsp3) is 0.100. The minimum atomic E-state index is 0.960. The van der Waals surface area contributed by atoms with Crippen LogP contribution in [0.2, 0.25) is 0 Å². The summed E-state index contributed by atoms with van der Waals surface area (Å²) in [4.78, 5) is 0. The van der Waals surface area contributed by atoms with Crippen molar-refractivity contribution in [2.24, 2.45) is 0 Å². The molecule has 1 heteroatoms. The van der Waals surface area contributed by atoms with Gasteiger partial charge in [0.1, 0.15) is 11.3 Å². The standard InChI is InChI=1S/C20H16O/c1-13-7-9-16(10-8-13)19-14(2)21-18-12-11-15-5-3-4-6-17(15)20(18)19/h3-12H,1-2H3. The Bertz CT molecular complexity index is 943. The number of fused-ring (bicyclic) bond motifs is 3. The molecule has 1 heterocycles. The first-order valence-corrected chi connectivity index (χ1v) is 7.22. The smallest absolute Gasteiger partial charge is 0.135 e. The molecule has 1 aromatic heterocycles. The molecule has 0 N–H and O–H groups in total. The van der Waals surface area contributed by atoms with Crippen LogP contribution in [0.1, 0.15) is 11.3 Å². The van der Waals surface area contributed by atoms with Gasteiger partial charge in [0.2, 0.25) is 0 Å². The quantitative estimate of drug-likeness (QED) is 0.422. The summed E-state index contributed by atoms with van der Waals surface area (Å²) in [5.74, 6) is 0.977. The summed E-state index contributed by atoms with van der Waals surface area (Å²) in [5.41, 5.74) is 4.66. The molecule has 4 rings (SSSR count). The summed E-state index contributed by atoms with van der Waals surface area (Å²) in [5, 5.41) is 3.72. The second-order valence-electron chi connectivity index (χ2n) is 5.56. The fourth-order valence-electron chi connectivity index (χ4n) is 3.05. The van der Waals surface area contributed by atoms with E-state index in [0.29, 0.717) is 0 Å². The molecule has 0 aliphatic heterocycles. The zero-order valence-electron chi connectivity index (χ0n) is 12.2. The van der Waals surface area contributed by atoms with Gasteiger partial charge < -0.3 is 4.42 Å². The minimum Gasteiger partial charge on any atom is -0.461 e. The third-order valence-electron chi connectivity index (χ3n) is 4.10. The largest absolute Gasteiger partial charge is 0.461 e. The van der Waals surface area contributed by atoms with Gasteiger partial charge in [-0.3, -0.25) is 0 Å². The first kappa shape index (κ1) is 12.2. The van der Waals surface area contributed by atoms with E-state index in [-0.39, 0.29) is 0 Å². The molecule has 0 saturated carbocycles. The molecular formula is C20H16O. The van der Waals surface area contributed by atoms with Crippen LogP contribution in [0.5, 0.6) is 0 Å². The molecule has 0 radical (unpaired) electrons. The van der Waals surface area contributed by atoms with Gasteiger partial charge in [0.25, 0.3) is 0 Å². The van der Waals surface area contributed by atoms with Crippen molar-refractivity contribution in [2.75, 3.05) is 0 Å². The van der Waals surface area contributed by atoms with Gasteiger partial charge >= 0.3 is 0 Å². The SMILES string of the molecule is Cc1ccc(-c2c(C)oc3ccc4ccccc4c23)cc1. The van der Waals surface area contributed by atoms with E-state index in [0.717, 1.165) is 11.3 Å². The molecule has 0 fully saturated rings. The maximum Gasteiger partial charge on any atom is 0.135 e. The van der Waals surface area contributed by atoms with Crippen LogP contribution < -0.4 is 0 Å². The number of furan rings is 1. The van der Waals surface area contributed by atoms with E-state index < -0.39 is 0 Å². The van der Waals surface area contributed by atoms with Gasteiger partial charge in [0, 0.05) is 10.9 Å². The Morgan fingerprint density at radius 1 is 0.762 bits per heavy atom. The fourth-order valence-corrected chi connectivity index (χ4v) is 3.05. The Balaban J connectivity index is 2.14. The van der Waals surface area contributed by atoms with E-state index >= 15 is 0 Å². The molecule has 21 heavy (non-hydrogen) atoms. The monoisotopic (exact) mass is 272 g/mol. The molecule has 0 aliphatic rings. The Morgan fingerprint density at radius 3 is 2.33 bits per heavy atom. The Kier molecular flexibility index (Phi) is 2.61. The molecule has 4 aromatic rings. The van der Waals surface area contributed by atoms with Gasteiger partial charge in [-0.1, -0.05) is 60.2 Å². The Morgan fingerprint density at radius 2 is 1.52 bits per heavy atom. The summed E-state index contributed by atoms with van der Waals surface area (Å²) in [6.07, 6.45) is 0. The average molecular weight is 272 g/mol. The second kappa shape index (κ2) is 4.49. The number of aryl methyl sites for hydroxylation is 2. The van der Waals surface area contributed by atoms with E-state index in [1.54, 1.807) is 0 Å². The predicted molar refractivity (Wildman–Crippen MR) is 88.6 cm³/mol. The molecule has 0 atom stereocenters. The van der Waals surface area contributed by atoms with Crippen molar-refractivity contribution < 1.29 is 4.42 Å². The average Bonchev–Trinajstić information content (AvgIpc) is 2.85. The van der Waals surface area contributed by atoms with Gasteiger partial charge in [0.05, 0.1) is 0 Å². The molecule has 1 nitrogen and oxygen atoms in total. The maximum atomic E-state index is 5.99. The highest BCUT2D eigenvalue weighted by molar-refractivity contribution is 6.13. The topological polar surface area (TPSA) is 13.1 Å². The molecule has 0 bridgehead atoms. The van der Waals surface area contributed by atoms with Crippen molar-refractivity contribution in [2.45, 2.75) is 13.8 Å². The lowest BCUT2D eigenvalue weighted by Crippen LogP contribution is -1.81. The molecule has 102 valence electrons. The number of hydrogen-bond donors (Lipinski definition) is 0. The van der Waals surface area contributed by atoms with Crippen molar-refractivity contribution in [3.05, 3.63) is 72.0 Å². The van der Waals surface area contributed by atoms with Gasteiger partial charge in [-0.15, -0.1) is 0 Å².